The molecule has 1 aromatic carbocycles. The van der Waals surface area contributed by atoms with Crippen LogP contribution in [0.15, 0.2) is 24.3 Å². The van der Waals surface area contributed by atoms with Crippen molar-refractivity contribution < 1.29 is 13.2 Å². The summed E-state index contributed by atoms with van der Waals surface area (Å²) < 4.78 is 31.1. The fraction of sp³-hybridized carbons (Fsp3) is 0.467. The normalized spacial score (nSPS) is 12.4. The molecule has 0 unspecified atom stereocenters. The Morgan fingerprint density at radius 1 is 1.25 bits per heavy atom. The zero-order valence-corrected chi connectivity index (χ0v) is 13.2. The minimum Gasteiger partial charge on any atom is -0.376 e. The van der Waals surface area contributed by atoms with Crippen LogP contribution in [-0.2, 0) is 21.4 Å². The first-order valence-corrected chi connectivity index (χ1v) is 8.54. The maximum atomic E-state index is 12.0. The summed E-state index contributed by atoms with van der Waals surface area (Å²) >= 11 is 0. The molecule has 1 heterocycles. The first-order valence-electron chi connectivity index (χ1n) is 6.69. The summed E-state index contributed by atoms with van der Waals surface area (Å²) in [6.07, 6.45) is 1.23. The molecule has 0 aliphatic heterocycles. The minimum absolute atomic E-state index is 0.438. The maximum Gasteiger partial charge on any atom is 0.236 e. The van der Waals surface area contributed by atoms with Crippen molar-refractivity contribution in [3.8, 4) is 0 Å². The van der Waals surface area contributed by atoms with Crippen LogP contribution in [0.5, 0.6) is 0 Å². The van der Waals surface area contributed by atoms with Crippen molar-refractivity contribution in [3.05, 3.63) is 35.5 Å². The second kappa shape index (κ2) is 5.58. The van der Waals surface area contributed by atoms with Crippen LogP contribution in [0, 0.1) is 12.8 Å². The summed E-state index contributed by atoms with van der Waals surface area (Å²) in [5.74, 6) is 0.457. The van der Waals surface area contributed by atoms with E-state index >= 15 is 0 Å². The first kappa shape index (κ1) is 15.1. The Balaban J connectivity index is 2.52. The van der Waals surface area contributed by atoms with Crippen molar-refractivity contribution in [1.29, 1.82) is 0 Å². The molecule has 0 radical (unpaired) electrons. The quantitative estimate of drug-likeness (QED) is 0.852. The number of ether oxygens (including phenoxy) is 1. The van der Waals surface area contributed by atoms with Crippen molar-refractivity contribution in [1.82, 2.24) is 3.97 Å². The second-order valence-electron chi connectivity index (χ2n) is 5.52. The van der Waals surface area contributed by atoms with Crippen LogP contribution in [0.1, 0.15) is 25.1 Å². The van der Waals surface area contributed by atoms with Crippen LogP contribution in [0.4, 0.5) is 0 Å². The highest BCUT2D eigenvalue weighted by Gasteiger charge is 2.19. The van der Waals surface area contributed by atoms with E-state index in [0.29, 0.717) is 19.1 Å². The lowest BCUT2D eigenvalue weighted by atomic mass is 10.1. The highest BCUT2D eigenvalue weighted by atomic mass is 32.2. The summed E-state index contributed by atoms with van der Waals surface area (Å²) in [7, 11) is -3.32. The Labute approximate surface area is 120 Å². The van der Waals surface area contributed by atoms with Crippen molar-refractivity contribution in [3.63, 3.8) is 0 Å². The lowest BCUT2D eigenvalue weighted by molar-refractivity contribution is 0.0974. The van der Waals surface area contributed by atoms with Crippen LogP contribution in [0.3, 0.4) is 0 Å². The number of rotatable bonds is 5. The highest BCUT2D eigenvalue weighted by Crippen LogP contribution is 2.27. The average Bonchev–Trinajstić information content (AvgIpc) is 2.61. The van der Waals surface area contributed by atoms with Crippen molar-refractivity contribution in [2.75, 3.05) is 12.9 Å². The molecule has 0 N–H and O–H groups in total. The Morgan fingerprint density at radius 2 is 1.90 bits per heavy atom. The van der Waals surface area contributed by atoms with Gasteiger partial charge in [-0.1, -0.05) is 32.0 Å². The molecule has 110 valence electrons. The molecule has 0 aliphatic rings. The Morgan fingerprint density at radius 3 is 2.50 bits per heavy atom. The van der Waals surface area contributed by atoms with E-state index in [1.807, 2.05) is 31.2 Å². The van der Waals surface area contributed by atoms with E-state index in [0.717, 1.165) is 22.2 Å². The number of hydrogen-bond acceptors (Lipinski definition) is 3. The van der Waals surface area contributed by atoms with E-state index in [2.05, 4.69) is 13.8 Å². The second-order valence-corrected chi connectivity index (χ2v) is 7.35. The average molecular weight is 295 g/mol. The minimum atomic E-state index is -3.32. The van der Waals surface area contributed by atoms with E-state index in [1.54, 1.807) is 0 Å². The van der Waals surface area contributed by atoms with E-state index < -0.39 is 10.0 Å². The Hall–Kier alpha value is -1.33. The molecule has 2 rings (SSSR count). The van der Waals surface area contributed by atoms with Crippen LogP contribution in [-0.4, -0.2) is 25.3 Å². The molecule has 0 amide bonds. The van der Waals surface area contributed by atoms with Gasteiger partial charge in [0.1, 0.15) is 0 Å². The third-order valence-electron chi connectivity index (χ3n) is 3.22. The van der Waals surface area contributed by atoms with Crippen molar-refractivity contribution in [2.45, 2.75) is 27.4 Å². The zero-order chi connectivity index (χ0) is 14.9. The van der Waals surface area contributed by atoms with Gasteiger partial charge in [0.25, 0.3) is 0 Å². The van der Waals surface area contributed by atoms with Gasteiger partial charge in [0.15, 0.2) is 0 Å². The number of nitrogens with zero attached hydrogens (tertiary/aromatic N) is 1. The molecule has 0 atom stereocenters. The maximum absolute atomic E-state index is 12.0. The molecule has 0 spiro atoms. The molecular weight excluding hydrogens is 274 g/mol. The largest absolute Gasteiger partial charge is 0.376 e. The predicted octanol–water partition coefficient (Wildman–Crippen LogP) is 2.93. The van der Waals surface area contributed by atoms with E-state index in [4.69, 9.17) is 4.74 Å². The predicted molar refractivity (Wildman–Crippen MR) is 81.4 cm³/mol. The number of para-hydroxylation sites is 1. The molecule has 4 nitrogen and oxygen atoms in total. The van der Waals surface area contributed by atoms with E-state index in [1.165, 1.54) is 10.2 Å². The van der Waals surface area contributed by atoms with Gasteiger partial charge in [-0.3, -0.25) is 0 Å². The molecule has 0 saturated carbocycles. The van der Waals surface area contributed by atoms with Gasteiger partial charge in [-0.2, -0.15) is 0 Å². The fourth-order valence-electron chi connectivity index (χ4n) is 2.41. The number of benzene rings is 1. The molecular formula is C15H21NO3S. The fourth-order valence-corrected chi connectivity index (χ4v) is 3.53. The van der Waals surface area contributed by atoms with Gasteiger partial charge in [0.2, 0.25) is 10.0 Å². The van der Waals surface area contributed by atoms with E-state index in [-0.39, 0.29) is 0 Å². The van der Waals surface area contributed by atoms with Crippen LogP contribution < -0.4 is 0 Å². The third kappa shape index (κ3) is 2.88. The number of aromatic nitrogens is 1. The molecule has 0 aliphatic carbocycles. The first-order chi connectivity index (χ1) is 9.32. The van der Waals surface area contributed by atoms with Crippen molar-refractivity contribution >= 4 is 20.9 Å². The van der Waals surface area contributed by atoms with Crippen molar-refractivity contribution in [2.24, 2.45) is 5.92 Å². The Kier molecular flexibility index (Phi) is 4.20. The molecule has 0 saturated heterocycles. The van der Waals surface area contributed by atoms with Crippen LogP contribution >= 0.6 is 0 Å². The highest BCUT2D eigenvalue weighted by molar-refractivity contribution is 7.89. The smallest absolute Gasteiger partial charge is 0.236 e. The van der Waals surface area contributed by atoms with Gasteiger partial charge < -0.3 is 4.74 Å². The third-order valence-corrected chi connectivity index (χ3v) is 4.35. The lowest BCUT2D eigenvalue weighted by Crippen LogP contribution is -2.12. The monoisotopic (exact) mass is 295 g/mol. The summed E-state index contributed by atoms with van der Waals surface area (Å²) in [6, 6.07) is 7.54. The van der Waals surface area contributed by atoms with Crippen LogP contribution in [0.25, 0.3) is 10.9 Å². The summed E-state index contributed by atoms with van der Waals surface area (Å²) in [5.41, 5.74) is 2.40. The van der Waals surface area contributed by atoms with E-state index in [9.17, 15) is 8.42 Å². The SMILES string of the molecule is Cc1c(COCC(C)C)c2ccccc2n1S(C)(=O)=O. The molecule has 1 aromatic heterocycles. The van der Waals surface area contributed by atoms with Gasteiger partial charge in [-0.05, 0) is 18.9 Å². The molecule has 0 bridgehead atoms. The van der Waals surface area contributed by atoms with Gasteiger partial charge >= 0.3 is 0 Å². The van der Waals surface area contributed by atoms with Gasteiger partial charge in [-0.25, -0.2) is 12.4 Å². The summed E-state index contributed by atoms with van der Waals surface area (Å²) in [6.45, 7) is 7.11. The van der Waals surface area contributed by atoms with Gasteiger partial charge in [0.05, 0.1) is 18.4 Å². The van der Waals surface area contributed by atoms with Gasteiger partial charge in [0, 0.05) is 23.3 Å². The lowest BCUT2D eigenvalue weighted by Gasteiger charge is -2.08. The molecule has 0 fully saturated rings. The zero-order valence-electron chi connectivity index (χ0n) is 12.4. The Bertz CT molecular complexity index is 714. The summed E-state index contributed by atoms with van der Waals surface area (Å²) in [5, 5.41) is 0.944. The van der Waals surface area contributed by atoms with Crippen LogP contribution in [0.2, 0.25) is 0 Å². The number of hydrogen-bond donors (Lipinski definition) is 0. The molecule has 5 heteroatoms. The number of fused-ring (bicyclic) bond motifs is 1. The summed E-state index contributed by atoms with van der Waals surface area (Å²) in [4.78, 5) is 0. The molecule has 20 heavy (non-hydrogen) atoms. The van der Waals surface area contributed by atoms with Gasteiger partial charge in [-0.15, -0.1) is 0 Å². The standard InChI is InChI=1S/C15H21NO3S/c1-11(2)9-19-10-14-12(3)16(20(4,17)18)15-8-6-5-7-13(14)15/h5-8,11H,9-10H2,1-4H3. The topological polar surface area (TPSA) is 48.3 Å². The molecule has 2 aromatic rings.